The predicted molar refractivity (Wildman–Crippen MR) is 115 cm³/mol. The molecule has 0 unspecified atom stereocenters. The van der Waals surface area contributed by atoms with Gasteiger partial charge in [-0.3, -0.25) is 9.69 Å². The molecule has 2 aromatic carbocycles. The van der Waals surface area contributed by atoms with Gasteiger partial charge in [-0.1, -0.05) is 30.3 Å². The Bertz CT molecular complexity index is 786. The number of benzene rings is 2. The molecule has 0 spiro atoms. The van der Waals surface area contributed by atoms with Gasteiger partial charge in [0.2, 0.25) is 5.91 Å². The van der Waals surface area contributed by atoms with Crippen LogP contribution in [0.1, 0.15) is 30.9 Å². The summed E-state index contributed by atoms with van der Waals surface area (Å²) in [5, 5.41) is 0. The van der Waals surface area contributed by atoms with Crippen molar-refractivity contribution in [1.82, 2.24) is 9.80 Å². The summed E-state index contributed by atoms with van der Waals surface area (Å²) in [6.45, 7) is 6.14. The van der Waals surface area contributed by atoms with Crippen molar-refractivity contribution >= 4 is 5.91 Å². The highest BCUT2D eigenvalue weighted by Crippen LogP contribution is 2.28. The van der Waals surface area contributed by atoms with E-state index < -0.39 is 0 Å². The number of hydrogen-bond donors (Lipinski definition) is 0. The van der Waals surface area contributed by atoms with E-state index >= 15 is 0 Å². The number of carbonyl (C=O) groups is 1. The van der Waals surface area contributed by atoms with Crippen LogP contribution in [-0.2, 0) is 17.9 Å². The van der Waals surface area contributed by atoms with E-state index in [2.05, 4.69) is 24.0 Å². The second-order valence-electron chi connectivity index (χ2n) is 7.57. The van der Waals surface area contributed by atoms with Gasteiger partial charge in [-0.15, -0.1) is 0 Å². The Balaban J connectivity index is 1.56. The van der Waals surface area contributed by atoms with Crippen LogP contribution in [0.25, 0.3) is 0 Å². The summed E-state index contributed by atoms with van der Waals surface area (Å²) >= 11 is 0. The Morgan fingerprint density at radius 2 is 1.79 bits per heavy atom. The fourth-order valence-electron chi connectivity index (χ4n) is 3.99. The molecule has 2 aromatic rings. The summed E-state index contributed by atoms with van der Waals surface area (Å²) in [5.41, 5.74) is 2.31. The molecule has 5 nitrogen and oxygen atoms in total. The molecule has 29 heavy (non-hydrogen) atoms. The number of nitrogens with zero attached hydrogens (tertiary/aromatic N) is 2. The summed E-state index contributed by atoms with van der Waals surface area (Å²) in [6.07, 6.45) is 1.80. The molecule has 0 radical (unpaired) electrons. The fraction of sp³-hybridized carbons (Fsp3) is 0.458. The highest BCUT2D eigenvalue weighted by atomic mass is 16.5. The summed E-state index contributed by atoms with van der Waals surface area (Å²) in [7, 11) is 3.37. The first kappa shape index (κ1) is 21.2. The van der Waals surface area contributed by atoms with Crippen LogP contribution in [0.5, 0.6) is 11.5 Å². The number of amides is 1. The molecule has 1 heterocycles. The Labute approximate surface area is 174 Å². The van der Waals surface area contributed by atoms with Gasteiger partial charge in [0.15, 0.2) is 0 Å². The first-order chi connectivity index (χ1) is 14.1. The molecule has 1 amide bonds. The summed E-state index contributed by atoms with van der Waals surface area (Å²) < 4.78 is 10.9. The minimum atomic E-state index is 0.113. The van der Waals surface area contributed by atoms with Crippen molar-refractivity contribution in [3.05, 3.63) is 59.7 Å². The maximum atomic E-state index is 13.1. The number of carbonyl (C=O) groups excluding carboxylic acids is 1. The third kappa shape index (κ3) is 5.51. The summed E-state index contributed by atoms with van der Waals surface area (Å²) in [4.78, 5) is 17.4. The van der Waals surface area contributed by atoms with Gasteiger partial charge >= 0.3 is 0 Å². The van der Waals surface area contributed by atoms with E-state index in [1.807, 2.05) is 41.3 Å². The monoisotopic (exact) mass is 396 g/mol. The van der Waals surface area contributed by atoms with E-state index in [-0.39, 0.29) is 11.8 Å². The average molecular weight is 397 g/mol. The van der Waals surface area contributed by atoms with E-state index in [1.165, 1.54) is 5.56 Å². The second kappa shape index (κ2) is 10.3. The van der Waals surface area contributed by atoms with Crippen LogP contribution >= 0.6 is 0 Å². The third-order valence-corrected chi connectivity index (χ3v) is 5.73. The Kier molecular flexibility index (Phi) is 7.53. The lowest BCUT2D eigenvalue weighted by Gasteiger charge is -2.34. The van der Waals surface area contributed by atoms with E-state index in [1.54, 1.807) is 14.2 Å². The number of methoxy groups -OCH3 is 2. The fourth-order valence-corrected chi connectivity index (χ4v) is 3.99. The lowest BCUT2D eigenvalue weighted by molar-refractivity contribution is -0.137. The van der Waals surface area contributed by atoms with Crippen molar-refractivity contribution in [3.8, 4) is 11.5 Å². The number of piperidine rings is 1. The molecule has 0 aliphatic carbocycles. The standard InChI is InChI=1S/C24H32N2O3/c1-4-26(17-19-8-6-5-7-9-19)24(27)20-12-14-25(15-13-20)18-21-16-22(28-2)10-11-23(21)29-3/h5-11,16,20H,4,12-15,17-18H2,1-3H3. The van der Waals surface area contributed by atoms with Crippen molar-refractivity contribution in [2.45, 2.75) is 32.9 Å². The predicted octanol–water partition coefficient (Wildman–Crippen LogP) is 3.96. The van der Waals surface area contributed by atoms with Gasteiger partial charge in [-0.05, 0) is 56.6 Å². The summed E-state index contributed by atoms with van der Waals surface area (Å²) in [6, 6.07) is 16.1. The molecule has 0 bridgehead atoms. The topological polar surface area (TPSA) is 42.0 Å². The van der Waals surface area contributed by atoms with Gasteiger partial charge < -0.3 is 14.4 Å². The number of hydrogen-bond acceptors (Lipinski definition) is 4. The largest absolute Gasteiger partial charge is 0.497 e. The Hall–Kier alpha value is -2.53. The van der Waals surface area contributed by atoms with E-state index in [4.69, 9.17) is 9.47 Å². The summed E-state index contributed by atoms with van der Waals surface area (Å²) in [5.74, 6) is 2.12. The maximum Gasteiger partial charge on any atom is 0.226 e. The van der Waals surface area contributed by atoms with Gasteiger partial charge in [0, 0.05) is 31.1 Å². The highest BCUT2D eigenvalue weighted by Gasteiger charge is 2.28. The average Bonchev–Trinajstić information content (AvgIpc) is 2.78. The molecule has 0 N–H and O–H groups in total. The molecule has 3 rings (SSSR count). The Morgan fingerprint density at radius 1 is 1.07 bits per heavy atom. The van der Waals surface area contributed by atoms with Crippen LogP contribution in [-0.4, -0.2) is 49.6 Å². The van der Waals surface area contributed by atoms with Crippen molar-refractivity contribution in [1.29, 1.82) is 0 Å². The molecule has 0 saturated carbocycles. The minimum Gasteiger partial charge on any atom is -0.497 e. The van der Waals surface area contributed by atoms with Gasteiger partial charge in [0.05, 0.1) is 14.2 Å². The molecule has 1 saturated heterocycles. The molecular formula is C24H32N2O3. The lowest BCUT2D eigenvalue weighted by atomic mass is 9.94. The number of ether oxygens (including phenoxy) is 2. The van der Waals surface area contributed by atoms with Crippen LogP contribution in [0.2, 0.25) is 0 Å². The molecule has 1 fully saturated rings. The molecular weight excluding hydrogens is 364 g/mol. The Morgan fingerprint density at radius 3 is 2.41 bits per heavy atom. The van der Waals surface area contributed by atoms with Crippen LogP contribution in [0.15, 0.2) is 48.5 Å². The maximum absolute atomic E-state index is 13.1. The van der Waals surface area contributed by atoms with E-state index in [0.29, 0.717) is 6.54 Å². The van der Waals surface area contributed by atoms with Crippen molar-refractivity contribution in [3.63, 3.8) is 0 Å². The van der Waals surface area contributed by atoms with Crippen molar-refractivity contribution in [2.75, 3.05) is 33.9 Å². The molecule has 1 aliphatic rings. The van der Waals surface area contributed by atoms with E-state index in [9.17, 15) is 4.79 Å². The smallest absolute Gasteiger partial charge is 0.226 e. The molecule has 5 heteroatoms. The van der Waals surface area contributed by atoms with E-state index in [0.717, 1.165) is 56.1 Å². The second-order valence-corrected chi connectivity index (χ2v) is 7.57. The van der Waals surface area contributed by atoms with Crippen LogP contribution in [0, 0.1) is 5.92 Å². The molecule has 156 valence electrons. The van der Waals surface area contributed by atoms with Gasteiger partial charge in [0.25, 0.3) is 0 Å². The SMILES string of the molecule is CCN(Cc1ccccc1)C(=O)C1CCN(Cc2cc(OC)ccc2OC)CC1. The first-order valence-corrected chi connectivity index (χ1v) is 10.4. The van der Waals surface area contributed by atoms with Crippen molar-refractivity contribution in [2.24, 2.45) is 5.92 Å². The molecule has 0 atom stereocenters. The van der Waals surface area contributed by atoms with Gasteiger partial charge in [0.1, 0.15) is 11.5 Å². The van der Waals surface area contributed by atoms with Crippen molar-refractivity contribution < 1.29 is 14.3 Å². The zero-order valence-corrected chi connectivity index (χ0v) is 17.8. The molecule has 1 aliphatic heterocycles. The minimum absolute atomic E-state index is 0.113. The van der Waals surface area contributed by atoms with Crippen LogP contribution in [0.4, 0.5) is 0 Å². The van der Waals surface area contributed by atoms with Gasteiger partial charge in [-0.25, -0.2) is 0 Å². The normalized spacial score (nSPS) is 15.1. The third-order valence-electron chi connectivity index (χ3n) is 5.73. The zero-order chi connectivity index (χ0) is 20.6. The number of likely N-dealkylation sites (tertiary alicyclic amines) is 1. The lowest BCUT2D eigenvalue weighted by Crippen LogP contribution is -2.42. The van der Waals surface area contributed by atoms with Gasteiger partial charge in [-0.2, -0.15) is 0 Å². The number of rotatable bonds is 8. The quantitative estimate of drug-likeness (QED) is 0.677. The van der Waals surface area contributed by atoms with Crippen LogP contribution < -0.4 is 9.47 Å². The van der Waals surface area contributed by atoms with Crippen LogP contribution in [0.3, 0.4) is 0 Å². The first-order valence-electron chi connectivity index (χ1n) is 10.4. The molecule has 0 aromatic heterocycles. The highest BCUT2D eigenvalue weighted by molar-refractivity contribution is 5.79. The zero-order valence-electron chi connectivity index (χ0n) is 17.8.